The quantitative estimate of drug-likeness (QED) is 0.906. The molecule has 0 radical (unpaired) electrons. The van der Waals surface area contributed by atoms with E-state index >= 15 is 0 Å². The fourth-order valence-corrected chi connectivity index (χ4v) is 2.94. The second-order valence-electron chi connectivity index (χ2n) is 3.88. The minimum atomic E-state index is -0.194. The van der Waals surface area contributed by atoms with Crippen molar-refractivity contribution in [1.29, 1.82) is 0 Å². The highest BCUT2D eigenvalue weighted by atomic mass is 35.5. The van der Waals surface area contributed by atoms with Gasteiger partial charge < -0.3 is 10.5 Å². The second-order valence-corrected chi connectivity index (χ2v) is 5.68. The summed E-state index contributed by atoms with van der Waals surface area (Å²) in [5, 5.41) is 3.15. The lowest BCUT2D eigenvalue weighted by molar-refractivity contribution is 0.217. The Bertz CT molecular complexity index is 542. The highest BCUT2D eigenvalue weighted by Gasteiger charge is 2.17. The Morgan fingerprint density at radius 2 is 2.11 bits per heavy atom. The van der Waals surface area contributed by atoms with Crippen LogP contribution in [0.3, 0.4) is 0 Å². The summed E-state index contributed by atoms with van der Waals surface area (Å²) in [6.07, 6.45) is -0.194. The van der Waals surface area contributed by atoms with E-state index in [1.54, 1.807) is 29.5 Å². The minimum Gasteiger partial charge on any atom is -0.482 e. The van der Waals surface area contributed by atoms with Gasteiger partial charge in [0.15, 0.2) is 0 Å². The molecule has 2 rings (SSSR count). The third kappa shape index (κ3) is 2.98. The van der Waals surface area contributed by atoms with Crippen LogP contribution in [0.2, 0.25) is 10.0 Å². The van der Waals surface area contributed by atoms with Gasteiger partial charge in [0.05, 0.1) is 5.02 Å². The molecule has 1 unspecified atom stereocenters. The fraction of sp³-hybridized carbons (Fsp3) is 0.231. The lowest BCUT2D eigenvalue weighted by Crippen LogP contribution is -2.18. The standard InChI is InChI=1S/C13H13Cl2NOS/c1-8-4-5-18-13(8)12(7-16)17-11-6-9(14)2-3-10(11)15/h2-6,12H,7,16H2,1H3. The summed E-state index contributed by atoms with van der Waals surface area (Å²) in [4.78, 5) is 1.12. The molecule has 0 spiro atoms. The maximum absolute atomic E-state index is 6.08. The molecule has 0 aliphatic carbocycles. The Labute approximate surface area is 120 Å². The van der Waals surface area contributed by atoms with E-state index in [1.165, 1.54) is 5.56 Å². The number of ether oxygens (including phenoxy) is 1. The fourth-order valence-electron chi connectivity index (χ4n) is 1.64. The lowest BCUT2D eigenvalue weighted by atomic mass is 10.2. The van der Waals surface area contributed by atoms with Gasteiger partial charge in [-0.2, -0.15) is 0 Å². The highest BCUT2D eigenvalue weighted by Crippen LogP contribution is 2.33. The van der Waals surface area contributed by atoms with Gasteiger partial charge in [0.1, 0.15) is 11.9 Å². The molecular formula is C13H13Cl2NOS. The van der Waals surface area contributed by atoms with Crippen molar-refractivity contribution >= 4 is 34.5 Å². The van der Waals surface area contributed by atoms with Crippen molar-refractivity contribution in [2.45, 2.75) is 13.0 Å². The maximum atomic E-state index is 6.08. The Hall–Kier alpha value is -0.740. The van der Waals surface area contributed by atoms with E-state index in [4.69, 9.17) is 33.7 Å². The Morgan fingerprint density at radius 1 is 1.33 bits per heavy atom. The Kier molecular flexibility index (Phi) is 4.51. The van der Waals surface area contributed by atoms with Crippen molar-refractivity contribution in [2.24, 2.45) is 5.73 Å². The molecule has 0 aliphatic heterocycles. The lowest BCUT2D eigenvalue weighted by Gasteiger charge is -2.18. The zero-order valence-corrected chi connectivity index (χ0v) is 12.1. The normalized spacial score (nSPS) is 12.4. The molecule has 1 aromatic heterocycles. The van der Waals surface area contributed by atoms with Crippen molar-refractivity contribution in [3.05, 3.63) is 50.1 Å². The van der Waals surface area contributed by atoms with E-state index in [0.717, 1.165) is 4.88 Å². The van der Waals surface area contributed by atoms with Crippen LogP contribution in [0.5, 0.6) is 5.75 Å². The Morgan fingerprint density at radius 3 is 2.72 bits per heavy atom. The van der Waals surface area contributed by atoms with E-state index in [1.807, 2.05) is 18.4 Å². The molecule has 1 atom stereocenters. The zero-order valence-electron chi connectivity index (χ0n) is 9.82. The van der Waals surface area contributed by atoms with Gasteiger partial charge in [0.2, 0.25) is 0 Å². The van der Waals surface area contributed by atoms with Crippen molar-refractivity contribution < 1.29 is 4.74 Å². The summed E-state index contributed by atoms with van der Waals surface area (Å²) in [5.74, 6) is 0.562. The highest BCUT2D eigenvalue weighted by molar-refractivity contribution is 7.10. The van der Waals surface area contributed by atoms with Crippen LogP contribution in [0.25, 0.3) is 0 Å². The first-order valence-corrected chi connectivity index (χ1v) is 7.11. The van der Waals surface area contributed by atoms with Gasteiger partial charge in [-0.25, -0.2) is 0 Å². The molecule has 0 fully saturated rings. The van der Waals surface area contributed by atoms with Crippen LogP contribution < -0.4 is 10.5 Å². The van der Waals surface area contributed by atoms with Crippen LogP contribution in [0.15, 0.2) is 29.6 Å². The smallest absolute Gasteiger partial charge is 0.145 e. The first-order valence-electron chi connectivity index (χ1n) is 5.47. The molecule has 0 saturated carbocycles. The van der Waals surface area contributed by atoms with Crippen LogP contribution in [0, 0.1) is 6.92 Å². The monoisotopic (exact) mass is 301 g/mol. The van der Waals surface area contributed by atoms with Crippen molar-refractivity contribution in [3.63, 3.8) is 0 Å². The molecule has 0 amide bonds. The van der Waals surface area contributed by atoms with Gasteiger partial charge in [-0.05, 0) is 36.1 Å². The predicted molar refractivity (Wildman–Crippen MR) is 77.9 cm³/mol. The van der Waals surface area contributed by atoms with Crippen LogP contribution in [-0.2, 0) is 0 Å². The molecular weight excluding hydrogens is 289 g/mol. The number of aryl methyl sites for hydroxylation is 1. The van der Waals surface area contributed by atoms with Crippen molar-refractivity contribution in [2.75, 3.05) is 6.54 Å². The molecule has 5 heteroatoms. The van der Waals surface area contributed by atoms with Gasteiger partial charge in [-0.1, -0.05) is 23.2 Å². The van der Waals surface area contributed by atoms with Crippen LogP contribution in [0.4, 0.5) is 0 Å². The number of rotatable bonds is 4. The van der Waals surface area contributed by atoms with E-state index in [2.05, 4.69) is 0 Å². The van der Waals surface area contributed by atoms with Gasteiger partial charge in [0, 0.05) is 22.5 Å². The predicted octanol–water partition coefficient (Wildman–Crippen LogP) is 4.44. The van der Waals surface area contributed by atoms with Gasteiger partial charge >= 0.3 is 0 Å². The van der Waals surface area contributed by atoms with Gasteiger partial charge in [-0.15, -0.1) is 11.3 Å². The summed E-state index contributed by atoms with van der Waals surface area (Å²) in [5.41, 5.74) is 6.95. The molecule has 96 valence electrons. The van der Waals surface area contributed by atoms with Crippen LogP contribution in [0.1, 0.15) is 16.5 Å². The van der Waals surface area contributed by atoms with Crippen molar-refractivity contribution in [3.8, 4) is 5.75 Å². The number of thiophene rings is 1. The third-order valence-electron chi connectivity index (χ3n) is 2.57. The third-order valence-corrected chi connectivity index (χ3v) is 4.23. The van der Waals surface area contributed by atoms with E-state index in [9.17, 15) is 0 Å². The topological polar surface area (TPSA) is 35.2 Å². The number of hydrogen-bond donors (Lipinski definition) is 1. The second kappa shape index (κ2) is 5.93. The molecule has 1 aromatic carbocycles. The molecule has 2 nitrogen and oxygen atoms in total. The number of benzene rings is 1. The summed E-state index contributed by atoms with van der Waals surface area (Å²) >= 11 is 13.6. The Balaban J connectivity index is 2.26. The van der Waals surface area contributed by atoms with Gasteiger partial charge in [0.25, 0.3) is 0 Å². The number of hydrogen-bond acceptors (Lipinski definition) is 3. The summed E-state index contributed by atoms with van der Waals surface area (Å²) in [7, 11) is 0. The van der Waals surface area contributed by atoms with E-state index < -0.39 is 0 Å². The SMILES string of the molecule is Cc1ccsc1C(CN)Oc1cc(Cl)ccc1Cl. The number of nitrogens with two attached hydrogens (primary N) is 1. The maximum Gasteiger partial charge on any atom is 0.145 e. The molecule has 0 saturated heterocycles. The van der Waals surface area contributed by atoms with Crippen molar-refractivity contribution in [1.82, 2.24) is 0 Å². The van der Waals surface area contributed by atoms with Crippen LogP contribution in [-0.4, -0.2) is 6.54 Å². The first-order chi connectivity index (χ1) is 8.61. The summed E-state index contributed by atoms with van der Waals surface area (Å²) in [6.45, 7) is 2.43. The molecule has 0 aliphatic rings. The molecule has 2 aromatic rings. The molecule has 0 bridgehead atoms. The minimum absolute atomic E-state index is 0.194. The summed E-state index contributed by atoms with van der Waals surface area (Å²) in [6, 6.07) is 7.19. The largest absolute Gasteiger partial charge is 0.482 e. The van der Waals surface area contributed by atoms with E-state index in [-0.39, 0.29) is 6.10 Å². The molecule has 18 heavy (non-hydrogen) atoms. The summed E-state index contributed by atoms with van der Waals surface area (Å²) < 4.78 is 5.87. The average molecular weight is 302 g/mol. The van der Waals surface area contributed by atoms with Gasteiger partial charge in [-0.3, -0.25) is 0 Å². The zero-order chi connectivity index (χ0) is 13.1. The number of halogens is 2. The molecule has 1 heterocycles. The average Bonchev–Trinajstić information content (AvgIpc) is 2.77. The van der Waals surface area contributed by atoms with Crippen LogP contribution >= 0.6 is 34.5 Å². The first kappa shape index (κ1) is 13.7. The molecule has 2 N–H and O–H groups in total. The van der Waals surface area contributed by atoms with E-state index in [0.29, 0.717) is 22.3 Å².